The van der Waals surface area contributed by atoms with Crippen molar-refractivity contribution in [1.82, 2.24) is 9.80 Å². The second kappa shape index (κ2) is 7.33. The van der Waals surface area contributed by atoms with Crippen molar-refractivity contribution in [2.75, 3.05) is 23.0 Å². The van der Waals surface area contributed by atoms with Crippen LogP contribution in [0.25, 0.3) is 0 Å². The van der Waals surface area contributed by atoms with Crippen molar-refractivity contribution in [3.63, 3.8) is 0 Å². The Morgan fingerprint density at radius 1 is 0.630 bits per heavy atom. The molecule has 0 N–H and O–H groups in total. The third kappa shape index (κ3) is 3.08. The molecular weight excluding hydrogens is 436 g/mol. The van der Waals surface area contributed by atoms with Gasteiger partial charge in [0, 0.05) is 23.0 Å². The SMILES string of the molecule is O=C(OC(=O)N1C(=O)C2SCCSC2C1=O)N1C(=O)C2SCCSC2C1=O. The summed E-state index contributed by atoms with van der Waals surface area (Å²) in [5.41, 5.74) is 0. The number of carbonyl (C=O) groups excluding carboxylic acids is 6. The van der Waals surface area contributed by atoms with E-state index >= 15 is 0 Å². The summed E-state index contributed by atoms with van der Waals surface area (Å²) in [5, 5.41) is -2.76. The maximum absolute atomic E-state index is 12.3. The average molecular weight is 449 g/mol. The van der Waals surface area contributed by atoms with E-state index in [0.717, 1.165) is 0 Å². The lowest BCUT2D eigenvalue weighted by Gasteiger charge is -2.19. The minimum atomic E-state index is -1.47. The van der Waals surface area contributed by atoms with Gasteiger partial charge in [-0.25, -0.2) is 9.59 Å². The largest absolute Gasteiger partial charge is 0.432 e. The molecule has 4 atom stereocenters. The predicted molar refractivity (Wildman–Crippen MR) is 101 cm³/mol. The standard InChI is InChI=1S/C14H12N2O7S4/c17-9-5-6(25-2-1-24-5)10(18)15(9)13(21)23-14(22)16-11(19)7-8(12(16)20)27-4-3-26-7/h5-8H,1-4H2. The van der Waals surface area contributed by atoms with E-state index in [1.807, 2.05) is 0 Å². The molecule has 4 rings (SSSR count). The van der Waals surface area contributed by atoms with E-state index < -0.39 is 56.8 Å². The van der Waals surface area contributed by atoms with Gasteiger partial charge >= 0.3 is 12.2 Å². The Morgan fingerprint density at radius 3 is 1.15 bits per heavy atom. The molecule has 0 bridgehead atoms. The molecule has 4 saturated heterocycles. The first-order valence-corrected chi connectivity index (χ1v) is 12.1. The van der Waals surface area contributed by atoms with Gasteiger partial charge in [0.1, 0.15) is 21.0 Å². The highest BCUT2D eigenvalue weighted by atomic mass is 32.2. The molecule has 0 aromatic rings. The van der Waals surface area contributed by atoms with Crippen molar-refractivity contribution >= 4 is 82.9 Å². The van der Waals surface area contributed by atoms with Crippen molar-refractivity contribution in [3.05, 3.63) is 0 Å². The van der Waals surface area contributed by atoms with E-state index in [-0.39, 0.29) is 0 Å². The Bertz CT molecular complexity index is 665. The highest BCUT2D eigenvalue weighted by Gasteiger charge is 2.56. The number of rotatable bonds is 0. The van der Waals surface area contributed by atoms with Gasteiger partial charge in [-0.3, -0.25) is 19.2 Å². The lowest BCUT2D eigenvalue weighted by atomic mass is 10.3. The number of fused-ring (bicyclic) bond motifs is 2. The van der Waals surface area contributed by atoms with Crippen LogP contribution in [0, 0.1) is 0 Å². The van der Waals surface area contributed by atoms with Crippen LogP contribution >= 0.6 is 47.0 Å². The van der Waals surface area contributed by atoms with Gasteiger partial charge < -0.3 is 4.74 Å². The summed E-state index contributed by atoms with van der Waals surface area (Å²) in [5.74, 6) is -0.276. The second-order valence-corrected chi connectivity index (χ2v) is 10.8. The van der Waals surface area contributed by atoms with Crippen LogP contribution in [-0.4, -0.2) is 89.6 Å². The van der Waals surface area contributed by atoms with Gasteiger partial charge in [0.15, 0.2) is 0 Å². The van der Waals surface area contributed by atoms with Crippen molar-refractivity contribution < 1.29 is 33.5 Å². The smallest absolute Gasteiger partial charge is 0.358 e. The van der Waals surface area contributed by atoms with E-state index in [0.29, 0.717) is 32.8 Å². The summed E-state index contributed by atoms with van der Waals surface area (Å²) in [4.78, 5) is 74.5. The molecule has 27 heavy (non-hydrogen) atoms. The van der Waals surface area contributed by atoms with Crippen LogP contribution in [0.3, 0.4) is 0 Å². The van der Waals surface area contributed by atoms with E-state index in [4.69, 9.17) is 0 Å². The summed E-state index contributed by atoms with van der Waals surface area (Å²) >= 11 is 5.10. The lowest BCUT2D eigenvalue weighted by molar-refractivity contribution is -0.135. The molecule has 0 aromatic carbocycles. The minimum Gasteiger partial charge on any atom is -0.358 e. The molecule has 0 aromatic heterocycles. The van der Waals surface area contributed by atoms with E-state index in [1.165, 1.54) is 47.0 Å². The van der Waals surface area contributed by atoms with Crippen LogP contribution in [0.15, 0.2) is 0 Å². The molecule has 4 fully saturated rings. The molecule has 4 aliphatic rings. The first-order valence-electron chi connectivity index (χ1n) is 7.89. The number of imide groups is 6. The van der Waals surface area contributed by atoms with Crippen molar-refractivity contribution in [2.24, 2.45) is 0 Å². The Balaban J connectivity index is 1.47. The number of carbonyl (C=O) groups is 6. The van der Waals surface area contributed by atoms with Crippen LogP contribution in [-0.2, 0) is 23.9 Å². The van der Waals surface area contributed by atoms with E-state index in [1.54, 1.807) is 0 Å². The van der Waals surface area contributed by atoms with Gasteiger partial charge in [0.2, 0.25) is 0 Å². The number of hydrogen-bond acceptors (Lipinski definition) is 11. The molecule has 0 radical (unpaired) electrons. The fourth-order valence-corrected chi connectivity index (χ4v) is 8.76. The summed E-state index contributed by atoms with van der Waals surface area (Å²) < 4.78 is 4.57. The lowest BCUT2D eigenvalue weighted by Crippen LogP contribution is -2.44. The molecule has 4 heterocycles. The Labute approximate surface area is 170 Å². The molecule has 4 aliphatic heterocycles. The number of nitrogens with zero attached hydrogens (tertiary/aromatic N) is 2. The van der Waals surface area contributed by atoms with Crippen LogP contribution in [0.4, 0.5) is 9.59 Å². The van der Waals surface area contributed by atoms with Gasteiger partial charge in [-0.15, -0.1) is 47.0 Å². The van der Waals surface area contributed by atoms with E-state index in [2.05, 4.69) is 4.74 Å². The molecule has 0 saturated carbocycles. The molecule has 0 spiro atoms. The van der Waals surface area contributed by atoms with E-state index in [9.17, 15) is 28.8 Å². The Kier molecular flexibility index (Phi) is 5.20. The zero-order valence-corrected chi connectivity index (χ0v) is 16.8. The van der Waals surface area contributed by atoms with Crippen molar-refractivity contribution in [3.8, 4) is 0 Å². The Hall–Kier alpha value is -1.18. The third-order valence-corrected chi connectivity index (χ3v) is 10.3. The molecule has 9 nitrogen and oxygen atoms in total. The topological polar surface area (TPSA) is 118 Å². The molecule has 144 valence electrons. The zero-order valence-electron chi connectivity index (χ0n) is 13.5. The van der Waals surface area contributed by atoms with Crippen molar-refractivity contribution in [1.29, 1.82) is 0 Å². The predicted octanol–water partition coefficient (Wildman–Crippen LogP) is 0.415. The summed E-state index contributed by atoms with van der Waals surface area (Å²) in [7, 11) is 0. The molecule has 0 aliphatic carbocycles. The molecule has 13 heteroatoms. The van der Waals surface area contributed by atoms with Gasteiger partial charge in [0.25, 0.3) is 23.6 Å². The van der Waals surface area contributed by atoms with Crippen LogP contribution in [0.1, 0.15) is 0 Å². The van der Waals surface area contributed by atoms with Crippen LogP contribution in [0.5, 0.6) is 0 Å². The normalized spacial score (nSPS) is 33.2. The summed E-state index contributed by atoms with van der Waals surface area (Å²) in [6.07, 6.45) is -2.94. The number of ether oxygens (including phenoxy) is 1. The fourth-order valence-electron chi connectivity index (χ4n) is 3.11. The van der Waals surface area contributed by atoms with Crippen molar-refractivity contribution in [2.45, 2.75) is 21.0 Å². The summed E-state index contributed by atoms with van der Waals surface area (Å²) in [6.45, 7) is 0. The number of likely N-dealkylation sites (tertiary alicyclic amines) is 2. The fraction of sp³-hybridized carbons (Fsp3) is 0.571. The number of amides is 6. The first kappa shape index (κ1) is 19.2. The average Bonchev–Trinajstić information content (AvgIpc) is 3.07. The monoisotopic (exact) mass is 448 g/mol. The maximum Gasteiger partial charge on any atom is 0.432 e. The second-order valence-electron chi connectivity index (χ2n) is 5.82. The van der Waals surface area contributed by atoms with Gasteiger partial charge in [-0.05, 0) is 0 Å². The van der Waals surface area contributed by atoms with Gasteiger partial charge in [-0.2, -0.15) is 9.80 Å². The quantitative estimate of drug-likeness (QED) is 0.379. The number of thioether (sulfide) groups is 4. The number of hydrogen-bond donors (Lipinski definition) is 0. The highest BCUT2D eigenvalue weighted by molar-refractivity contribution is 8.08. The molecular formula is C14H12N2O7S4. The zero-order chi connectivity index (χ0) is 19.3. The van der Waals surface area contributed by atoms with Crippen LogP contribution in [0.2, 0.25) is 0 Å². The highest BCUT2D eigenvalue weighted by Crippen LogP contribution is 2.40. The third-order valence-electron chi connectivity index (χ3n) is 4.30. The minimum absolute atomic E-state index is 0.306. The molecule has 6 amide bonds. The Morgan fingerprint density at radius 2 is 0.889 bits per heavy atom. The summed E-state index contributed by atoms with van der Waals surface area (Å²) in [6, 6.07) is 0. The van der Waals surface area contributed by atoms with Gasteiger partial charge in [0.05, 0.1) is 0 Å². The maximum atomic E-state index is 12.3. The molecule has 4 unspecified atom stereocenters. The van der Waals surface area contributed by atoms with Crippen LogP contribution < -0.4 is 0 Å². The first-order chi connectivity index (χ1) is 12.9. The van der Waals surface area contributed by atoms with Gasteiger partial charge in [-0.1, -0.05) is 0 Å².